The third-order valence-corrected chi connectivity index (χ3v) is 7.27. The zero-order valence-corrected chi connectivity index (χ0v) is 20.9. The number of esters is 1. The minimum Gasteiger partial charge on any atom is -0.425 e. The molecule has 186 valence electrons. The maximum absolute atomic E-state index is 13.0. The molecule has 0 saturated heterocycles. The van der Waals surface area contributed by atoms with Gasteiger partial charge >= 0.3 is 11.6 Å². The Balaban J connectivity index is 1.60. The first-order valence-corrected chi connectivity index (χ1v) is 13.2. The second kappa shape index (κ2) is 10.9. The van der Waals surface area contributed by atoms with Gasteiger partial charge in [-0.1, -0.05) is 67.8 Å². The van der Waals surface area contributed by atoms with Gasteiger partial charge in [0.2, 0.25) is 10.0 Å². The van der Waals surface area contributed by atoms with E-state index in [9.17, 15) is 18.0 Å². The molecule has 1 N–H and O–H groups in total. The molecular weight excluding hydrogens is 478 g/mol. The number of carbonyl (C=O) groups excluding carboxylic acids is 1. The average molecular weight is 506 g/mol. The molecule has 0 bridgehead atoms. The second-order valence-electron chi connectivity index (χ2n) is 8.55. The van der Waals surface area contributed by atoms with Crippen LogP contribution in [-0.2, 0) is 14.8 Å². The number of ether oxygens (including phenoxy) is 1. The monoisotopic (exact) mass is 505 g/mol. The summed E-state index contributed by atoms with van der Waals surface area (Å²) in [6.07, 6.45) is 1.68. The lowest BCUT2D eigenvalue weighted by Crippen LogP contribution is -2.42. The van der Waals surface area contributed by atoms with E-state index in [1.54, 1.807) is 24.3 Å². The third-order valence-electron chi connectivity index (χ3n) is 5.78. The Hall–Kier alpha value is -3.75. The average Bonchev–Trinajstić information content (AvgIpc) is 2.86. The molecule has 36 heavy (non-hydrogen) atoms. The number of rotatable bonds is 9. The number of aryl methyl sites for hydroxylation is 1. The number of nitrogens with one attached hydrogen (secondary N) is 1. The summed E-state index contributed by atoms with van der Waals surface area (Å²) in [6, 6.07) is 20.9. The van der Waals surface area contributed by atoms with Crippen LogP contribution in [0.5, 0.6) is 5.75 Å². The highest BCUT2D eigenvalue weighted by molar-refractivity contribution is 7.89. The van der Waals surface area contributed by atoms with E-state index in [0.717, 1.165) is 17.5 Å². The molecule has 7 nitrogen and oxygen atoms in total. The van der Waals surface area contributed by atoms with Crippen LogP contribution in [0.2, 0.25) is 0 Å². The third kappa shape index (κ3) is 5.90. The molecule has 0 fully saturated rings. The minimum absolute atomic E-state index is 0.0725. The Labute approximate surface area is 209 Å². The van der Waals surface area contributed by atoms with Crippen LogP contribution in [0, 0.1) is 6.92 Å². The first-order valence-electron chi connectivity index (χ1n) is 11.7. The molecule has 8 heteroatoms. The van der Waals surface area contributed by atoms with Crippen molar-refractivity contribution in [3.05, 3.63) is 94.8 Å². The predicted octanol–water partition coefficient (Wildman–Crippen LogP) is 5.21. The minimum atomic E-state index is -3.93. The van der Waals surface area contributed by atoms with Crippen molar-refractivity contribution in [1.29, 1.82) is 0 Å². The summed E-state index contributed by atoms with van der Waals surface area (Å²) in [5, 5.41) is 0.684. The number of hydrogen-bond acceptors (Lipinski definition) is 6. The van der Waals surface area contributed by atoms with Crippen LogP contribution >= 0.6 is 0 Å². The topological polar surface area (TPSA) is 103 Å². The van der Waals surface area contributed by atoms with Crippen LogP contribution in [0.25, 0.3) is 22.1 Å². The summed E-state index contributed by atoms with van der Waals surface area (Å²) in [7, 11) is -3.93. The fourth-order valence-electron chi connectivity index (χ4n) is 3.86. The van der Waals surface area contributed by atoms with Crippen LogP contribution in [0.15, 0.2) is 93.0 Å². The molecule has 0 amide bonds. The van der Waals surface area contributed by atoms with Gasteiger partial charge < -0.3 is 9.15 Å². The van der Waals surface area contributed by atoms with Crippen molar-refractivity contribution in [2.24, 2.45) is 0 Å². The van der Waals surface area contributed by atoms with E-state index in [-0.39, 0.29) is 22.6 Å². The molecule has 1 aromatic heterocycles. The Morgan fingerprint density at radius 2 is 1.72 bits per heavy atom. The fourth-order valence-corrected chi connectivity index (χ4v) is 5.08. The van der Waals surface area contributed by atoms with Gasteiger partial charge in [-0.05, 0) is 48.7 Å². The van der Waals surface area contributed by atoms with Crippen molar-refractivity contribution in [3.8, 4) is 16.9 Å². The molecule has 1 atom stereocenters. The second-order valence-corrected chi connectivity index (χ2v) is 10.3. The lowest BCUT2D eigenvalue weighted by atomic mass is 10.0. The number of benzene rings is 3. The standard InChI is InChI=1S/C28H27NO6S/c1-3-4-10-25(29-36(32,33)22-14-11-19(2)12-15-22)28(31)34-21-13-16-23-24(20-8-6-5-7-9-20)18-27(30)35-26(23)17-21/h5-9,11-18,25,29H,3-4,10H2,1-2H3/t25-/m1/s1. The largest absolute Gasteiger partial charge is 0.425 e. The molecule has 0 saturated carbocycles. The Bertz CT molecular complexity index is 1530. The van der Waals surface area contributed by atoms with Gasteiger partial charge in [-0.15, -0.1) is 0 Å². The van der Waals surface area contributed by atoms with E-state index in [1.807, 2.05) is 44.2 Å². The van der Waals surface area contributed by atoms with Crippen LogP contribution < -0.4 is 15.1 Å². The Morgan fingerprint density at radius 1 is 1.00 bits per heavy atom. The van der Waals surface area contributed by atoms with E-state index in [0.29, 0.717) is 17.4 Å². The Kier molecular flexibility index (Phi) is 7.67. The van der Waals surface area contributed by atoms with Crippen molar-refractivity contribution in [3.63, 3.8) is 0 Å². The van der Waals surface area contributed by atoms with Crippen molar-refractivity contribution in [1.82, 2.24) is 4.72 Å². The summed E-state index contributed by atoms with van der Waals surface area (Å²) < 4.78 is 39.2. The van der Waals surface area contributed by atoms with Crippen LogP contribution in [0.4, 0.5) is 0 Å². The summed E-state index contributed by atoms with van der Waals surface area (Å²) in [5.41, 5.74) is 2.21. The molecule has 0 spiro atoms. The predicted molar refractivity (Wildman–Crippen MR) is 138 cm³/mol. The van der Waals surface area contributed by atoms with E-state index < -0.39 is 27.7 Å². The molecule has 0 aliphatic carbocycles. The molecule has 4 aromatic rings. The quantitative estimate of drug-likeness (QED) is 0.190. The van der Waals surface area contributed by atoms with Crippen molar-refractivity contribution in [2.75, 3.05) is 0 Å². The number of hydrogen-bond donors (Lipinski definition) is 1. The highest BCUT2D eigenvalue weighted by Crippen LogP contribution is 2.29. The van der Waals surface area contributed by atoms with Gasteiger partial charge in [0.1, 0.15) is 17.4 Å². The summed E-state index contributed by atoms with van der Waals surface area (Å²) in [6.45, 7) is 3.81. The smallest absolute Gasteiger partial charge is 0.336 e. The van der Waals surface area contributed by atoms with E-state index in [4.69, 9.17) is 9.15 Å². The maximum Gasteiger partial charge on any atom is 0.336 e. The molecule has 4 rings (SSSR count). The summed E-state index contributed by atoms with van der Waals surface area (Å²) in [5.74, 6) is -0.586. The normalized spacial score (nSPS) is 12.4. The molecule has 0 radical (unpaired) electrons. The van der Waals surface area contributed by atoms with Gasteiger partial charge in [0.05, 0.1) is 4.90 Å². The maximum atomic E-state index is 13.0. The summed E-state index contributed by atoms with van der Waals surface area (Å²) >= 11 is 0. The summed E-state index contributed by atoms with van der Waals surface area (Å²) in [4.78, 5) is 25.3. The van der Waals surface area contributed by atoms with E-state index in [2.05, 4.69) is 4.72 Å². The van der Waals surface area contributed by atoms with Gasteiger partial charge in [0.15, 0.2) is 0 Å². The molecule has 1 heterocycles. The molecule has 0 aliphatic rings. The highest BCUT2D eigenvalue weighted by Gasteiger charge is 2.27. The first-order chi connectivity index (χ1) is 17.3. The SMILES string of the molecule is CCCC[C@@H](NS(=O)(=O)c1ccc(C)cc1)C(=O)Oc1ccc2c(-c3ccccc3)cc(=O)oc2c1. The highest BCUT2D eigenvalue weighted by atomic mass is 32.2. The number of sulfonamides is 1. The molecular formula is C28H27NO6S. The van der Waals surface area contributed by atoms with Gasteiger partial charge in [-0.3, -0.25) is 0 Å². The van der Waals surface area contributed by atoms with Crippen molar-refractivity contribution < 1.29 is 22.4 Å². The number of unbranched alkanes of at least 4 members (excludes halogenated alkanes) is 1. The molecule has 3 aromatic carbocycles. The zero-order valence-electron chi connectivity index (χ0n) is 20.1. The van der Waals surface area contributed by atoms with Gasteiger partial charge in [-0.25, -0.2) is 18.0 Å². The van der Waals surface area contributed by atoms with Gasteiger partial charge in [0.25, 0.3) is 0 Å². The molecule has 0 unspecified atom stereocenters. The van der Waals surface area contributed by atoms with Crippen LogP contribution in [-0.4, -0.2) is 20.4 Å². The van der Waals surface area contributed by atoms with Crippen LogP contribution in [0.1, 0.15) is 31.7 Å². The van der Waals surface area contributed by atoms with Crippen molar-refractivity contribution in [2.45, 2.75) is 44.0 Å². The van der Waals surface area contributed by atoms with Gasteiger partial charge in [-0.2, -0.15) is 4.72 Å². The van der Waals surface area contributed by atoms with E-state index >= 15 is 0 Å². The molecule has 0 aliphatic heterocycles. The fraction of sp³-hybridized carbons (Fsp3) is 0.214. The van der Waals surface area contributed by atoms with E-state index in [1.165, 1.54) is 24.3 Å². The van der Waals surface area contributed by atoms with Crippen molar-refractivity contribution >= 4 is 27.0 Å². The zero-order chi connectivity index (χ0) is 25.7. The first kappa shape index (κ1) is 25.3. The Morgan fingerprint density at radius 3 is 2.42 bits per heavy atom. The van der Waals surface area contributed by atoms with Crippen LogP contribution in [0.3, 0.4) is 0 Å². The van der Waals surface area contributed by atoms with Gasteiger partial charge in [0, 0.05) is 17.5 Å². The number of carbonyl (C=O) groups is 1. The number of fused-ring (bicyclic) bond motifs is 1. The lowest BCUT2D eigenvalue weighted by molar-refractivity contribution is -0.136. The lowest BCUT2D eigenvalue weighted by Gasteiger charge is -2.18.